The molecule has 31 heavy (non-hydrogen) atoms. The molecule has 0 amide bonds. The lowest BCUT2D eigenvalue weighted by atomic mass is 10.0. The molecule has 1 aliphatic rings. The number of esters is 1. The fourth-order valence-corrected chi connectivity index (χ4v) is 4.92. The monoisotopic (exact) mass is 484 g/mol. The number of rotatable bonds is 6. The number of ether oxygens (including phenoxy) is 1. The summed E-state index contributed by atoms with van der Waals surface area (Å²) in [4.78, 5) is 18.8. The highest BCUT2D eigenvalue weighted by Gasteiger charge is 2.22. The second-order valence-corrected chi connectivity index (χ2v) is 9.25. The van der Waals surface area contributed by atoms with Crippen molar-refractivity contribution >= 4 is 32.8 Å². The van der Waals surface area contributed by atoms with Crippen molar-refractivity contribution in [3.63, 3.8) is 0 Å². The van der Waals surface area contributed by atoms with E-state index in [0.717, 1.165) is 65.5 Å². The number of aryl methyl sites for hydroxylation is 1. The van der Waals surface area contributed by atoms with Gasteiger partial charge in [-0.3, -0.25) is 0 Å². The van der Waals surface area contributed by atoms with Crippen molar-refractivity contribution in [2.45, 2.75) is 45.3 Å². The summed E-state index contributed by atoms with van der Waals surface area (Å²) in [6.07, 6.45) is 2.11. The molecule has 5 nitrogen and oxygen atoms in total. The first-order valence-corrected chi connectivity index (χ1v) is 11.7. The number of aliphatic hydroxyl groups excluding tert-OH is 1. The van der Waals surface area contributed by atoms with Crippen LogP contribution in [0.3, 0.4) is 0 Å². The summed E-state index contributed by atoms with van der Waals surface area (Å²) in [5.41, 5.74) is 4.52. The molecule has 1 fully saturated rings. The van der Waals surface area contributed by atoms with Gasteiger partial charge in [0.1, 0.15) is 6.10 Å². The SMILES string of the molecule is Cc1[nH]c2ccc(CCN3CCC(O)CC3)cc2c1C(=O)OC(C)c1ccccc1Br. The first-order valence-electron chi connectivity index (χ1n) is 10.9. The van der Waals surface area contributed by atoms with E-state index in [1.54, 1.807) is 0 Å². The molecule has 2 heterocycles. The number of carbonyl (C=O) groups is 1. The molecule has 164 valence electrons. The summed E-state index contributed by atoms with van der Waals surface area (Å²) < 4.78 is 6.76. The number of nitrogens with one attached hydrogen (secondary N) is 1. The van der Waals surface area contributed by atoms with Gasteiger partial charge in [0.05, 0.1) is 11.7 Å². The van der Waals surface area contributed by atoms with Gasteiger partial charge < -0.3 is 19.7 Å². The molecule has 3 aromatic rings. The molecular weight excluding hydrogens is 456 g/mol. The smallest absolute Gasteiger partial charge is 0.341 e. The van der Waals surface area contributed by atoms with Crippen molar-refractivity contribution < 1.29 is 14.6 Å². The Labute approximate surface area is 191 Å². The fourth-order valence-electron chi connectivity index (χ4n) is 4.31. The average molecular weight is 485 g/mol. The van der Waals surface area contributed by atoms with E-state index in [1.165, 1.54) is 5.56 Å². The van der Waals surface area contributed by atoms with Crippen LogP contribution in [0.4, 0.5) is 0 Å². The summed E-state index contributed by atoms with van der Waals surface area (Å²) in [6, 6.07) is 14.1. The first-order chi connectivity index (χ1) is 14.9. The number of benzene rings is 2. The summed E-state index contributed by atoms with van der Waals surface area (Å²) >= 11 is 3.54. The predicted octanol–water partition coefficient (Wildman–Crippen LogP) is 5.16. The van der Waals surface area contributed by atoms with Crippen molar-refractivity contribution in [1.29, 1.82) is 0 Å². The number of aromatic nitrogens is 1. The van der Waals surface area contributed by atoms with Gasteiger partial charge in [-0.2, -0.15) is 0 Å². The Bertz CT molecular complexity index is 1070. The molecule has 1 saturated heterocycles. The van der Waals surface area contributed by atoms with E-state index in [0.29, 0.717) is 5.56 Å². The lowest BCUT2D eigenvalue weighted by molar-refractivity contribution is 0.0338. The van der Waals surface area contributed by atoms with Gasteiger partial charge in [-0.15, -0.1) is 0 Å². The first kappa shape index (κ1) is 22.1. The van der Waals surface area contributed by atoms with E-state index in [1.807, 2.05) is 44.2 Å². The maximum Gasteiger partial charge on any atom is 0.341 e. The Balaban J connectivity index is 1.50. The van der Waals surface area contributed by atoms with Crippen LogP contribution in [0, 0.1) is 6.92 Å². The van der Waals surface area contributed by atoms with Crippen LogP contribution in [0.25, 0.3) is 10.9 Å². The van der Waals surface area contributed by atoms with Gasteiger partial charge in [-0.1, -0.05) is 40.2 Å². The normalized spacial score (nSPS) is 16.5. The molecule has 1 aromatic heterocycles. The fraction of sp³-hybridized carbons (Fsp3) is 0.400. The molecule has 0 radical (unpaired) electrons. The molecule has 2 N–H and O–H groups in total. The van der Waals surface area contributed by atoms with Crippen molar-refractivity contribution in [2.24, 2.45) is 0 Å². The number of piperidine rings is 1. The van der Waals surface area contributed by atoms with Crippen LogP contribution in [-0.4, -0.2) is 46.7 Å². The molecule has 4 rings (SSSR count). The number of halogens is 1. The van der Waals surface area contributed by atoms with Crippen LogP contribution in [0.2, 0.25) is 0 Å². The summed E-state index contributed by atoms with van der Waals surface area (Å²) in [5.74, 6) is -0.311. The summed E-state index contributed by atoms with van der Waals surface area (Å²) in [7, 11) is 0. The maximum atomic E-state index is 13.1. The van der Waals surface area contributed by atoms with Gasteiger partial charge in [0.2, 0.25) is 0 Å². The van der Waals surface area contributed by atoms with Gasteiger partial charge in [0.25, 0.3) is 0 Å². The van der Waals surface area contributed by atoms with E-state index < -0.39 is 0 Å². The third-order valence-electron chi connectivity index (χ3n) is 6.16. The third kappa shape index (κ3) is 5.03. The van der Waals surface area contributed by atoms with Gasteiger partial charge >= 0.3 is 5.97 Å². The zero-order valence-corrected chi connectivity index (χ0v) is 19.6. The molecule has 1 aliphatic heterocycles. The Morgan fingerprint density at radius 3 is 2.74 bits per heavy atom. The number of likely N-dealkylation sites (tertiary alicyclic amines) is 1. The second-order valence-electron chi connectivity index (χ2n) is 8.40. The van der Waals surface area contributed by atoms with E-state index in [-0.39, 0.29) is 18.2 Å². The number of carbonyl (C=O) groups excluding carboxylic acids is 1. The minimum Gasteiger partial charge on any atom is -0.454 e. The number of hydrogen-bond donors (Lipinski definition) is 2. The van der Waals surface area contributed by atoms with Crippen molar-refractivity contribution in [1.82, 2.24) is 9.88 Å². The van der Waals surface area contributed by atoms with Crippen molar-refractivity contribution in [2.75, 3.05) is 19.6 Å². The highest BCUT2D eigenvalue weighted by atomic mass is 79.9. The number of H-pyrrole nitrogens is 1. The molecule has 2 aromatic carbocycles. The molecule has 0 saturated carbocycles. The zero-order chi connectivity index (χ0) is 22.0. The number of aromatic amines is 1. The van der Waals surface area contributed by atoms with E-state index in [9.17, 15) is 9.90 Å². The Morgan fingerprint density at radius 2 is 2.00 bits per heavy atom. The molecule has 1 unspecified atom stereocenters. The highest BCUT2D eigenvalue weighted by Crippen LogP contribution is 2.29. The molecular formula is C25H29BrN2O3. The van der Waals surface area contributed by atoms with Crippen LogP contribution in [-0.2, 0) is 11.2 Å². The number of nitrogens with zero attached hydrogens (tertiary/aromatic N) is 1. The quantitative estimate of drug-likeness (QED) is 0.474. The number of hydrogen-bond acceptors (Lipinski definition) is 4. The van der Waals surface area contributed by atoms with Crippen molar-refractivity contribution in [3.05, 3.63) is 69.3 Å². The van der Waals surface area contributed by atoms with Crippen LogP contribution >= 0.6 is 15.9 Å². The van der Waals surface area contributed by atoms with Crippen molar-refractivity contribution in [3.8, 4) is 0 Å². The minimum atomic E-state index is -0.356. The second kappa shape index (κ2) is 9.55. The topological polar surface area (TPSA) is 65.6 Å². The van der Waals surface area contributed by atoms with Crippen LogP contribution in [0.15, 0.2) is 46.9 Å². The molecule has 0 bridgehead atoms. The van der Waals surface area contributed by atoms with Gasteiger partial charge in [-0.05, 0) is 56.9 Å². The lowest BCUT2D eigenvalue weighted by Crippen LogP contribution is -2.37. The largest absolute Gasteiger partial charge is 0.454 e. The standard InChI is InChI=1S/C25H29BrN2O3/c1-16-24(25(30)31-17(2)20-5-3-4-6-22(20)26)21-15-18(7-8-23(21)27-16)9-12-28-13-10-19(29)11-14-28/h3-8,15,17,19,27,29H,9-14H2,1-2H3. The molecule has 0 aliphatic carbocycles. The highest BCUT2D eigenvalue weighted by molar-refractivity contribution is 9.10. The third-order valence-corrected chi connectivity index (χ3v) is 6.88. The Morgan fingerprint density at radius 1 is 1.26 bits per heavy atom. The average Bonchev–Trinajstić information content (AvgIpc) is 3.08. The Kier molecular flexibility index (Phi) is 6.80. The zero-order valence-electron chi connectivity index (χ0n) is 18.0. The molecule has 6 heteroatoms. The van der Waals surface area contributed by atoms with Gasteiger partial charge in [0, 0.05) is 46.3 Å². The Hall–Kier alpha value is -2.15. The summed E-state index contributed by atoms with van der Waals surface area (Å²) in [5, 5.41) is 10.6. The molecule has 1 atom stereocenters. The predicted molar refractivity (Wildman–Crippen MR) is 126 cm³/mol. The van der Waals surface area contributed by atoms with Gasteiger partial charge in [-0.25, -0.2) is 4.79 Å². The van der Waals surface area contributed by atoms with Crippen LogP contribution in [0.5, 0.6) is 0 Å². The van der Waals surface area contributed by atoms with Gasteiger partial charge in [0.15, 0.2) is 0 Å². The molecule has 0 spiro atoms. The maximum absolute atomic E-state index is 13.1. The lowest BCUT2D eigenvalue weighted by Gasteiger charge is -2.29. The number of aliphatic hydroxyl groups is 1. The summed E-state index contributed by atoms with van der Waals surface area (Å²) in [6.45, 7) is 6.65. The minimum absolute atomic E-state index is 0.150. The van der Waals surface area contributed by atoms with Crippen LogP contribution < -0.4 is 0 Å². The van der Waals surface area contributed by atoms with E-state index >= 15 is 0 Å². The number of fused-ring (bicyclic) bond motifs is 1. The van der Waals surface area contributed by atoms with E-state index in [2.05, 4.69) is 37.9 Å². The van der Waals surface area contributed by atoms with E-state index in [4.69, 9.17) is 4.74 Å². The van der Waals surface area contributed by atoms with Crippen LogP contribution in [0.1, 0.15) is 53.0 Å².